The van der Waals surface area contributed by atoms with Gasteiger partial charge in [0.2, 0.25) is 0 Å². The van der Waals surface area contributed by atoms with Crippen molar-refractivity contribution in [1.29, 1.82) is 0 Å². The molecule has 6 nitrogen and oxygen atoms in total. The average Bonchev–Trinajstić information content (AvgIpc) is 2.96. The maximum atomic E-state index is 11.3. The lowest BCUT2D eigenvalue weighted by atomic mass is 10.1. The molecule has 2 aromatic rings. The molecule has 1 amide bonds. The molecule has 1 aliphatic heterocycles. The molecule has 0 saturated heterocycles. The summed E-state index contributed by atoms with van der Waals surface area (Å²) in [4.78, 5) is 18.3. The number of hydrogen-bond donors (Lipinski definition) is 3. The highest BCUT2D eigenvalue weighted by Gasteiger charge is 2.15. The van der Waals surface area contributed by atoms with E-state index in [0.29, 0.717) is 0 Å². The third-order valence-corrected chi connectivity index (χ3v) is 3.13. The number of anilines is 1. The minimum Gasteiger partial charge on any atom is -0.482 e. The lowest BCUT2D eigenvalue weighted by Crippen LogP contribution is -2.25. The van der Waals surface area contributed by atoms with Crippen molar-refractivity contribution in [3.63, 3.8) is 0 Å². The Hall–Kier alpha value is -2.34. The van der Waals surface area contributed by atoms with Crippen molar-refractivity contribution in [2.24, 2.45) is 0 Å². The minimum absolute atomic E-state index is 0.0920. The number of carbonyl (C=O) groups excluding carboxylic acids is 1. The van der Waals surface area contributed by atoms with E-state index >= 15 is 0 Å². The van der Waals surface area contributed by atoms with Crippen molar-refractivity contribution in [1.82, 2.24) is 15.3 Å². The van der Waals surface area contributed by atoms with E-state index in [4.69, 9.17) is 4.74 Å². The first kappa shape index (κ1) is 12.7. The number of rotatable bonds is 5. The monoisotopic (exact) mass is 272 g/mol. The number of benzene rings is 1. The van der Waals surface area contributed by atoms with Crippen LogP contribution >= 0.6 is 0 Å². The van der Waals surface area contributed by atoms with Crippen molar-refractivity contribution in [2.45, 2.75) is 13.0 Å². The number of carbonyl (C=O) groups is 1. The fourth-order valence-corrected chi connectivity index (χ4v) is 2.12. The van der Waals surface area contributed by atoms with Gasteiger partial charge in [-0.1, -0.05) is 6.07 Å². The molecule has 3 N–H and O–H groups in total. The molecule has 0 atom stereocenters. The van der Waals surface area contributed by atoms with Crippen LogP contribution in [0.2, 0.25) is 0 Å². The van der Waals surface area contributed by atoms with Crippen LogP contribution in [-0.2, 0) is 17.8 Å². The van der Waals surface area contributed by atoms with Gasteiger partial charge in [-0.15, -0.1) is 0 Å². The van der Waals surface area contributed by atoms with E-state index < -0.39 is 0 Å². The quantitative estimate of drug-likeness (QED) is 0.711. The molecular weight excluding hydrogens is 256 g/mol. The highest BCUT2D eigenvalue weighted by molar-refractivity contribution is 5.95. The van der Waals surface area contributed by atoms with Gasteiger partial charge >= 0.3 is 0 Å². The molecule has 0 bridgehead atoms. The lowest BCUT2D eigenvalue weighted by molar-refractivity contribution is -0.118. The molecule has 0 fully saturated rings. The van der Waals surface area contributed by atoms with Crippen molar-refractivity contribution < 1.29 is 9.53 Å². The molecule has 0 saturated carbocycles. The summed E-state index contributed by atoms with van der Waals surface area (Å²) in [6.45, 7) is 1.70. The van der Waals surface area contributed by atoms with Gasteiger partial charge in [-0.3, -0.25) is 4.79 Å². The molecule has 0 spiro atoms. The first-order valence-corrected chi connectivity index (χ1v) is 6.55. The standard InChI is InChI=1S/C14H16N4O2/c19-14-8-20-13-2-1-10(5-12(13)18-14)6-15-4-3-11-7-16-9-17-11/h1-2,5,7,9,15H,3-4,6,8H2,(H,16,17)(H,18,19). The van der Waals surface area contributed by atoms with Gasteiger partial charge in [0.05, 0.1) is 12.0 Å². The number of ether oxygens (including phenoxy) is 1. The molecular formula is C14H16N4O2. The number of fused-ring (bicyclic) bond motifs is 1. The number of imidazole rings is 1. The van der Waals surface area contributed by atoms with Gasteiger partial charge in [-0.2, -0.15) is 0 Å². The molecule has 20 heavy (non-hydrogen) atoms. The molecule has 2 heterocycles. The third-order valence-electron chi connectivity index (χ3n) is 3.13. The van der Waals surface area contributed by atoms with Crippen LogP contribution in [0.1, 0.15) is 11.3 Å². The van der Waals surface area contributed by atoms with Crippen LogP contribution in [0.4, 0.5) is 5.69 Å². The topological polar surface area (TPSA) is 79.0 Å². The predicted octanol–water partition coefficient (Wildman–Crippen LogP) is 1.07. The molecule has 6 heteroatoms. The Balaban J connectivity index is 1.53. The zero-order valence-corrected chi connectivity index (χ0v) is 11.0. The average molecular weight is 272 g/mol. The van der Waals surface area contributed by atoms with Crippen LogP contribution in [0.15, 0.2) is 30.7 Å². The zero-order chi connectivity index (χ0) is 13.8. The largest absolute Gasteiger partial charge is 0.482 e. The molecule has 1 aromatic heterocycles. The van der Waals surface area contributed by atoms with Gasteiger partial charge in [0.1, 0.15) is 5.75 Å². The highest BCUT2D eigenvalue weighted by atomic mass is 16.5. The Labute approximate surface area is 116 Å². The number of amides is 1. The number of H-pyrrole nitrogens is 1. The normalized spacial score (nSPS) is 13.5. The summed E-state index contributed by atoms with van der Waals surface area (Å²) in [7, 11) is 0. The number of hydrogen-bond acceptors (Lipinski definition) is 4. The van der Waals surface area contributed by atoms with Crippen LogP contribution < -0.4 is 15.4 Å². The smallest absolute Gasteiger partial charge is 0.262 e. The molecule has 0 aliphatic carbocycles. The Morgan fingerprint density at radius 1 is 1.40 bits per heavy atom. The van der Waals surface area contributed by atoms with E-state index in [0.717, 1.165) is 42.2 Å². The van der Waals surface area contributed by atoms with E-state index in [2.05, 4.69) is 20.6 Å². The zero-order valence-electron chi connectivity index (χ0n) is 11.0. The molecule has 0 unspecified atom stereocenters. The van der Waals surface area contributed by atoms with Crippen molar-refractivity contribution in [3.05, 3.63) is 42.0 Å². The predicted molar refractivity (Wildman–Crippen MR) is 74.6 cm³/mol. The number of nitrogens with one attached hydrogen (secondary N) is 3. The SMILES string of the molecule is O=C1COc2ccc(CNCCc3cnc[nH]3)cc2N1. The summed E-state index contributed by atoms with van der Waals surface area (Å²) >= 11 is 0. The van der Waals surface area contributed by atoms with Crippen molar-refractivity contribution >= 4 is 11.6 Å². The molecule has 0 radical (unpaired) electrons. The maximum Gasteiger partial charge on any atom is 0.262 e. The Bertz CT molecular complexity index is 595. The first-order chi connectivity index (χ1) is 9.81. The summed E-state index contributed by atoms with van der Waals surface area (Å²) in [6.07, 6.45) is 4.42. The van der Waals surface area contributed by atoms with Gasteiger partial charge in [-0.25, -0.2) is 4.98 Å². The fraction of sp³-hybridized carbons (Fsp3) is 0.286. The molecule has 104 valence electrons. The summed E-state index contributed by atoms with van der Waals surface area (Å²) in [5, 5.41) is 6.16. The highest BCUT2D eigenvalue weighted by Crippen LogP contribution is 2.28. The van der Waals surface area contributed by atoms with Crippen LogP contribution in [0.5, 0.6) is 5.75 Å². The lowest BCUT2D eigenvalue weighted by Gasteiger charge is -2.18. The van der Waals surface area contributed by atoms with Gasteiger partial charge < -0.3 is 20.4 Å². The van der Waals surface area contributed by atoms with Gasteiger partial charge in [0.25, 0.3) is 5.91 Å². The molecule has 1 aromatic carbocycles. The van der Waals surface area contributed by atoms with Crippen LogP contribution in [-0.4, -0.2) is 29.0 Å². The summed E-state index contributed by atoms with van der Waals surface area (Å²) < 4.78 is 5.32. The number of nitrogens with zero attached hydrogens (tertiary/aromatic N) is 1. The van der Waals surface area contributed by atoms with Crippen molar-refractivity contribution in [2.75, 3.05) is 18.5 Å². The molecule has 3 rings (SSSR count). The Morgan fingerprint density at radius 3 is 3.20 bits per heavy atom. The Morgan fingerprint density at radius 2 is 2.35 bits per heavy atom. The van der Waals surface area contributed by atoms with E-state index in [1.54, 1.807) is 6.33 Å². The summed E-state index contributed by atoms with van der Waals surface area (Å²) in [5.74, 6) is 0.618. The third kappa shape index (κ3) is 2.97. The van der Waals surface area contributed by atoms with Gasteiger partial charge in [0.15, 0.2) is 6.61 Å². The number of aromatic amines is 1. The van der Waals surface area contributed by atoms with E-state index in [-0.39, 0.29) is 12.5 Å². The van der Waals surface area contributed by atoms with Crippen LogP contribution in [0.3, 0.4) is 0 Å². The van der Waals surface area contributed by atoms with E-state index in [9.17, 15) is 4.79 Å². The second kappa shape index (κ2) is 5.75. The summed E-state index contributed by atoms with van der Waals surface area (Å²) in [6, 6.07) is 5.83. The molecule has 1 aliphatic rings. The Kier molecular flexibility index (Phi) is 3.64. The van der Waals surface area contributed by atoms with Gasteiger partial charge in [0, 0.05) is 31.4 Å². The minimum atomic E-state index is -0.109. The van der Waals surface area contributed by atoms with E-state index in [1.165, 1.54) is 0 Å². The maximum absolute atomic E-state index is 11.3. The van der Waals surface area contributed by atoms with E-state index in [1.807, 2.05) is 24.4 Å². The van der Waals surface area contributed by atoms with Crippen LogP contribution in [0, 0.1) is 0 Å². The van der Waals surface area contributed by atoms with Crippen LogP contribution in [0.25, 0.3) is 0 Å². The van der Waals surface area contributed by atoms with Gasteiger partial charge in [-0.05, 0) is 17.7 Å². The first-order valence-electron chi connectivity index (χ1n) is 6.55. The number of aromatic nitrogens is 2. The summed E-state index contributed by atoms with van der Waals surface area (Å²) in [5.41, 5.74) is 2.97. The second-order valence-corrected chi connectivity index (χ2v) is 4.67. The second-order valence-electron chi connectivity index (χ2n) is 4.67. The van der Waals surface area contributed by atoms with Crippen molar-refractivity contribution in [3.8, 4) is 5.75 Å². The fourth-order valence-electron chi connectivity index (χ4n) is 2.12.